The van der Waals surface area contributed by atoms with Gasteiger partial charge in [-0.15, -0.1) is 0 Å². The summed E-state index contributed by atoms with van der Waals surface area (Å²) in [5, 5.41) is 87.0. The van der Waals surface area contributed by atoms with Gasteiger partial charge in [0.25, 0.3) is 0 Å². The largest absolute Gasteiger partial charge is 0.496 e. The van der Waals surface area contributed by atoms with E-state index in [0.29, 0.717) is 89.6 Å². The molecule has 1 aliphatic carbocycles. The number of ether oxygens (including phenoxy) is 4. The van der Waals surface area contributed by atoms with E-state index in [9.17, 15) is 69.3 Å². The Bertz CT molecular complexity index is 3780. The number of aromatic nitrogens is 1. The number of benzene rings is 2. The van der Waals surface area contributed by atoms with Crippen molar-refractivity contribution in [2.24, 2.45) is 17.3 Å². The van der Waals surface area contributed by atoms with Crippen LogP contribution in [0, 0.1) is 17.3 Å². The maximum atomic E-state index is 15.3. The molecule has 594 valence electrons. The van der Waals surface area contributed by atoms with E-state index in [1.807, 2.05) is 43.2 Å². The summed E-state index contributed by atoms with van der Waals surface area (Å²) in [6, 6.07) is 11.4. The van der Waals surface area contributed by atoms with Crippen LogP contribution in [0.4, 0.5) is 10.5 Å². The van der Waals surface area contributed by atoms with Crippen molar-refractivity contribution >= 4 is 97.7 Å². The van der Waals surface area contributed by atoms with E-state index in [4.69, 9.17) is 38.1 Å². The number of amides is 3. The quantitative estimate of drug-likeness (QED) is 0.0165. The standard InChI is InChI=1S/C74H105N7O19S2.2CO2/c1-7-71(95)39-45-38-70(4,62-48(25-29-80(41-45)43-71)47-21-15-16-22-51(47)76-62)50-35-49-52(36-55(50)97-6)79(5)67-73(49)27-30-81-28-19-26-72(8-2,66(73)81)68(93)74(67,96)56(85)40-75-69(94)99-32-33-101-102-42-46(64(89)90)34-54(84)63(78-58(87)24-17-14-20-44(3)82)77-57(86)23-13-11-9-10-12-18-31-98-59-37-53(83)60(88)61(100-59)65(91)92;2*2-1-3/h15-16,19,21-22,26,35-36,45-46,53,59-61,63,66-68,76,83,88,93,95-96H,7-14,17-18,20,23-25,27-34,37-43H2,1-6H3,(H,75,94)(H,77,86)(H,78,87)(H,89,90)(H,91,92);;/t45-,46+,53+,59?,60?,61?,63+,66-,67+,68+,70+,71-,72+,73+,74-;;/m0../s1. The van der Waals surface area contributed by atoms with Gasteiger partial charge in [-0.25, -0.2) is 9.59 Å². The molecular weight excluding hydrogens is 1440 g/mol. The molecule has 2 aromatic carbocycles. The highest BCUT2D eigenvalue weighted by Gasteiger charge is 2.78. The topological polar surface area (TPSA) is 445 Å². The molecule has 11 N–H and O–H groups in total. The van der Waals surface area contributed by atoms with Gasteiger partial charge in [-0.3, -0.25) is 33.8 Å². The normalized spacial score (nSPS) is 29.1. The first-order valence-corrected chi connectivity index (χ1v) is 39.7. The molecule has 7 aliphatic rings. The van der Waals surface area contributed by atoms with Gasteiger partial charge >= 0.3 is 30.3 Å². The van der Waals surface area contributed by atoms with Crippen LogP contribution in [0.25, 0.3) is 10.9 Å². The number of nitrogens with zero attached hydrogens (tertiary/aromatic N) is 3. The molecule has 1 aromatic heterocycles. The number of carbonyl (C=O) groups excluding carboxylic acids is 10. The monoisotopic (exact) mass is 1550 g/mol. The summed E-state index contributed by atoms with van der Waals surface area (Å²) in [6.45, 7) is 10.6. The second-order valence-electron chi connectivity index (χ2n) is 29.8. The van der Waals surface area contributed by atoms with Gasteiger partial charge in [-0.1, -0.05) is 91.5 Å². The highest BCUT2D eigenvalue weighted by Crippen LogP contribution is 2.68. The summed E-state index contributed by atoms with van der Waals surface area (Å²) in [6.07, 6.45) is 3.05. The smallest absolute Gasteiger partial charge is 0.407 e. The lowest BCUT2D eigenvalue weighted by Crippen LogP contribution is -2.81. The minimum Gasteiger partial charge on any atom is -0.496 e. The average Bonchev–Trinajstić information content (AvgIpc) is 1.46. The van der Waals surface area contributed by atoms with Crippen molar-refractivity contribution in [3.8, 4) is 5.75 Å². The highest BCUT2D eigenvalue weighted by molar-refractivity contribution is 8.76. The number of alkyl carbamates (subject to hydrolysis) is 1. The number of nitrogens with one attached hydrogen (secondary N) is 4. The summed E-state index contributed by atoms with van der Waals surface area (Å²) in [7, 11) is 5.81. The van der Waals surface area contributed by atoms with Crippen molar-refractivity contribution in [3.05, 3.63) is 70.9 Å². The molecule has 3 saturated heterocycles. The van der Waals surface area contributed by atoms with Gasteiger partial charge in [-0.05, 0) is 114 Å². The van der Waals surface area contributed by atoms with Crippen molar-refractivity contribution in [2.45, 2.75) is 221 Å². The van der Waals surface area contributed by atoms with E-state index < -0.39 is 131 Å². The number of anilines is 1. The Morgan fingerprint density at radius 1 is 0.824 bits per heavy atom. The van der Waals surface area contributed by atoms with Crippen molar-refractivity contribution < 1.29 is 112 Å². The van der Waals surface area contributed by atoms with Crippen LogP contribution in [0.1, 0.15) is 166 Å². The fourth-order valence-corrected chi connectivity index (χ4v) is 20.2. The number of aliphatic carboxylic acids is 2. The van der Waals surface area contributed by atoms with Gasteiger partial charge in [0.2, 0.25) is 11.8 Å². The summed E-state index contributed by atoms with van der Waals surface area (Å²) in [5.74, 6) is -5.77. The van der Waals surface area contributed by atoms with Crippen LogP contribution in [0.15, 0.2) is 48.6 Å². The average molecular weight is 1550 g/mol. The first-order chi connectivity index (χ1) is 51.5. The number of piperidine rings is 1. The first-order valence-electron chi connectivity index (χ1n) is 37.2. The molecule has 1 spiro atoms. The van der Waals surface area contributed by atoms with Crippen LogP contribution in [-0.2, 0) is 84.2 Å². The number of carboxylic acids is 2. The number of aliphatic hydroxyl groups is 5. The zero-order chi connectivity index (χ0) is 78.9. The van der Waals surface area contributed by atoms with Crippen LogP contribution >= 0.6 is 21.6 Å². The second kappa shape index (κ2) is 38.5. The van der Waals surface area contributed by atoms with Crippen molar-refractivity contribution in [1.82, 2.24) is 30.7 Å². The number of aromatic amines is 1. The number of methoxy groups -OCH3 is 1. The molecule has 3 amide bonds. The summed E-state index contributed by atoms with van der Waals surface area (Å²) in [5.41, 5.74) is -0.0171. The Kier molecular flexibility index (Phi) is 30.7. The van der Waals surface area contributed by atoms with Crippen LogP contribution in [0.3, 0.4) is 0 Å². The van der Waals surface area contributed by atoms with E-state index in [1.165, 1.54) is 23.3 Å². The van der Waals surface area contributed by atoms with Gasteiger partial charge < -0.3 is 85.3 Å². The zero-order valence-corrected chi connectivity index (χ0v) is 63.9. The third-order valence-corrected chi connectivity index (χ3v) is 25.4. The molecule has 7 heterocycles. The number of carboxylic acid groups (broad SMARTS) is 2. The Labute approximate surface area is 635 Å². The maximum Gasteiger partial charge on any atom is 0.407 e. The number of hydrogen-bond acceptors (Lipinski definition) is 26. The number of likely N-dealkylation sites (N-methyl/N-ethyl adjacent to an activating group) is 1. The lowest BCUT2D eigenvalue weighted by molar-refractivity contribution is -0.252. The number of para-hydroxylation sites is 1. The number of rotatable bonds is 35. The number of fused-ring (bicyclic) bond motifs is 6. The van der Waals surface area contributed by atoms with Crippen LogP contribution in [0.2, 0.25) is 0 Å². The summed E-state index contributed by atoms with van der Waals surface area (Å²) >= 11 is 0. The lowest BCUT2D eigenvalue weighted by Gasteiger charge is -2.63. The molecule has 0 radical (unpaired) electrons. The third kappa shape index (κ3) is 19.1. The molecular formula is C76H105N7O23S2. The molecule has 4 fully saturated rings. The van der Waals surface area contributed by atoms with Gasteiger partial charge in [-0.2, -0.15) is 19.2 Å². The molecule has 6 aliphatic heterocycles. The molecule has 1 saturated carbocycles. The molecule has 2 bridgehead atoms. The predicted molar refractivity (Wildman–Crippen MR) is 393 cm³/mol. The van der Waals surface area contributed by atoms with Gasteiger partial charge in [0, 0.05) is 140 Å². The number of hydrogen-bond donors (Lipinski definition) is 11. The number of carbonyl (C=O) groups is 8. The molecule has 16 atom stereocenters. The Morgan fingerprint density at radius 2 is 1.49 bits per heavy atom. The SMILES string of the molecule is CC[C@]1(O)C[C@H]2CN(CCc3c([nH]c4ccccc34)[C@@](C)(c3cc4c(cc3OC)N(C)[C@H]3[C@@](O)(C(=O)CNC(=O)OCCSSC[C@@H](CC(=O)[C@H](NC(=O)CCCCCCCCOC5C[C@@H](O)C(O)C(C(=O)O)O5)NC(=O)CCCCC(C)=O)C(=O)O)[C@H](O)[C@]5(CC)C=CCN6CC[C@]43[C@@H]65)C2)C1.O=C=O.O=C=O. The maximum absolute atomic E-state index is 15.3. The number of unbranched alkanes of at least 4 members (excludes halogenated alkanes) is 6. The predicted octanol–water partition coefficient (Wildman–Crippen LogP) is 4.64. The fraction of sp³-hybridized carbons (Fsp3) is 0.658. The van der Waals surface area contributed by atoms with E-state index in [1.54, 1.807) is 7.11 Å². The van der Waals surface area contributed by atoms with E-state index >= 15 is 4.79 Å². The minimum atomic E-state index is -2.45. The van der Waals surface area contributed by atoms with E-state index in [0.717, 1.165) is 83.0 Å². The van der Waals surface area contributed by atoms with Gasteiger partial charge in [0.05, 0.1) is 37.3 Å². The number of aliphatic hydroxyl groups excluding tert-OH is 3. The second-order valence-corrected chi connectivity index (χ2v) is 32.4. The number of Topliss-reactive ketones (excluding diaryl/α,β-unsaturated/α-hetero) is 3. The van der Waals surface area contributed by atoms with Crippen LogP contribution in [-0.4, -0.2) is 248 Å². The van der Waals surface area contributed by atoms with E-state index in [2.05, 4.69) is 68.8 Å². The van der Waals surface area contributed by atoms with E-state index in [-0.39, 0.29) is 80.4 Å². The van der Waals surface area contributed by atoms with Crippen LogP contribution in [0.5, 0.6) is 5.75 Å². The Morgan fingerprint density at radius 3 is 2.15 bits per heavy atom. The molecule has 108 heavy (non-hydrogen) atoms. The molecule has 30 nitrogen and oxygen atoms in total. The Hall–Kier alpha value is -7.42. The molecule has 32 heteroatoms. The summed E-state index contributed by atoms with van der Waals surface area (Å²) in [4.78, 5) is 148. The molecule has 10 rings (SSSR count). The summed E-state index contributed by atoms with van der Waals surface area (Å²) < 4.78 is 22.8. The zero-order valence-electron chi connectivity index (χ0n) is 62.2. The molecule has 3 aromatic rings. The molecule has 4 unspecified atom stereocenters. The van der Waals surface area contributed by atoms with Gasteiger partial charge in [0.15, 0.2) is 35.7 Å². The third-order valence-electron chi connectivity index (χ3n) is 23.0. The number of ketones is 3. The van der Waals surface area contributed by atoms with Crippen molar-refractivity contribution in [2.75, 3.05) is 83.0 Å². The minimum absolute atomic E-state index is 0.0141. The number of H-pyrrole nitrogens is 1. The fourth-order valence-electron chi connectivity index (χ4n) is 18.0. The Balaban J connectivity index is 0.00000237. The first kappa shape index (κ1) is 86.2. The van der Waals surface area contributed by atoms with Crippen LogP contribution < -0.4 is 25.6 Å². The lowest BCUT2D eigenvalue weighted by atomic mass is 9.47. The van der Waals surface area contributed by atoms with Crippen molar-refractivity contribution in [3.63, 3.8) is 0 Å². The van der Waals surface area contributed by atoms with Gasteiger partial charge in [0.1, 0.15) is 30.3 Å². The highest BCUT2D eigenvalue weighted by atomic mass is 33.1. The van der Waals surface area contributed by atoms with Crippen molar-refractivity contribution in [1.29, 1.82) is 0 Å².